The summed E-state index contributed by atoms with van der Waals surface area (Å²) in [7, 11) is 0. The molecule has 1 unspecified atom stereocenters. The topological polar surface area (TPSA) is 73.9 Å². The Morgan fingerprint density at radius 2 is 1.45 bits per heavy atom. The molecule has 2 aromatic rings. The summed E-state index contributed by atoms with van der Waals surface area (Å²) in [5, 5.41) is 2.66. The molecule has 1 amide bonds. The number of hydrogen-bond acceptors (Lipinski definition) is 5. The van der Waals surface area contributed by atoms with Gasteiger partial charge in [-0.25, -0.2) is 4.79 Å². The van der Waals surface area contributed by atoms with E-state index in [4.69, 9.17) is 14.2 Å². The van der Waals surface area contributed by atoms with E-state index in [-0.39, 0.29) is 25.5 Å². The third-order valence-electron chi connectivity index (χ3n) is 3.83. The minimum Gasteiger partial charge on any atom is -0.460 e. The highest BCUT2D eigenvalue weighted by molar-refractivity contribution is 5.71. The molecule has 2 rings (SSSR count). The molecule has 6 heteroatoms. The van der Waals surface area contributed by atoms with Gasteiger partial charge >= 0.3 is 12.1 Å². The molecular formula is C23H29NO5. The van der Waals surface area contributed by atoms with Crippen LogP contribution in [0.3, 0.4) is 0 Å². The molecule has 0 saturated carbocycles. The van der Waals surface area contributed by atoms with E-state index in [0.717, 1.165) is 11.1 Å². The number of carbonyl (C=O) groups excluding carboxylic acids is 2. The van der Waals surface area contributed by atoms with Crippen molar-refractivity contribution in [2.75, 3.05) is 6.54 Å². The summed E-state index contributed by atoms with van der Waals surface area (Å²) in [5.41, 5.74) is 1.30. The fraction of sp³-hybridized carbons (Fsp3) is 0.391. The van der Waals surface area contributed by atoms with Gasteiger partial charge in [-0.05, 0) is 31.9 Å². The van der Waals surface area contributed by atoms with E-state index >= 15 is 0 Å². The average molecular weight is 399 g/mol. The van der Waals surface area contributed by atoms with Gasteiger partial charge in [0.1, 0.15) is 12.2 Å². The molecule has 0 aliphatic carbocycles. The number of hydrogen-bond donors (Lipinski definition) is 1. The van der Waals surface area contributed by atoms with E-state index in [1.165, 1.54) is 0 Å². The van der Waals surface area contributed by atoms with Crippen LogP contribution in [-0.2, 0) is 32.2 Å². The van der Waals surface area contributed by atoms with Crippen LogP contribution in [0.15, 0.2) is 60.7 Å². The number of alkyl carbamates (subject to hydrolysis) is 1. The van der Waals surface area contributed by atoms with Crippen LogP contribution in [0, 0.1) is 0 Å². The molecule has 0 aliphatic heterocycles. The monoisotopic (exact) mass is 399 g/mol. The van der Waals surface area contributed by atoms with Crippen LogP contribution in [0.4, 0.5) is 4.79 Å². The lowest BCUT2D eigenvalue weighted by atomic mass is 10.2. The first-order chi connectivity index (χ1) is 13.8. The maximum absolute atomic E-state index is 12.2. The number of rotatable bonds is 9. The van der Waals surface area contributed by atoms with Crippen molar-refractivity contribution in [3.63, 3.8) is 0 Å². The number of amides is 1. The largest absolute Gasteiger partial charge is 0.460 e. The zero-order chi connectivity index (χ0) is 21.1. The molecule has 0 fully saturated rings. The second kappa shape index (κ2) is 11.2. The second-order valence-corrected chi connectivity index (χ2v) is 7.65. The summed E-state index contributed by atoms with van der Waals surface area (Å²) in [5.74, 6) is -0.380. The van der Waals surface area contributed by atoms with Crippen molar-refractivity contribution in [1.82, 2.24) is 5.32 Å². The highest BCUT2D eigenvalue weighted by Gasteiger charge is 2.22. The van der Waals surface area contributed by atoms with E-state index in [1.807, 2.05) is 81.4 Å². The van der Waals surface area contributed by atoms with Crippen molar-refractivity contribution in [2.45, 2.75) is 52.1 Å². The summed E-state index contributed by atoms with van der Waals surface area (Å²) >= 11 is 0. The van der Waals surface area contributed by atoms with Crippen molar-refractivity contribution in [1.29, 1.82) is 0 Å². The Morgan fingerprint density at radius 3 is 2.00 bits per heavy atom. The van der Waals surface area contributed by atoms with Gasteiger partial charge in [0.2, 0.25) is 0 Å². The smallest absolute Gasteiger partial charge is 0.407 e. The Morgan fingerprint density at radius 1 is 0.897 bits per heavy atom. The Hall–Kier alpha value is -2.86. The third kappa shape index (κ3) is 9.76. The molecule has 0 bridgehead atoms. The summed E-state index contributed by atoms with van der Waals surface area (Å²) in [6.07, 6.45) is -1.07. The van der Waals surface area contributed by atoms with Crippen molar-refractivity contribution in [2.24, 2.45) is 0 Å². The van der Waals surface area contributed by atoms with Gasteiger partial charge in [0.05, 0.1) is 19.1 Å². The molecule has 156 valence electrons. The molecule has 0 aliphatic rings. The zero-order valence-electron chi connectivity index (χ0n) is 17.2. The van der Waals surface area contributed by atoms with Crippen LogP contribution in [0.25, 0.3) is 0 Å². The molecule has 1 atom stereocenters. The lowest BCUT2D eigenvalue weighted by molar-refractivity contribution is -0.158. The maximum Gasteiger partial charge on any atom is 0.407 e. The number of carbonyl (C=O) groups is 2. The Bertz CT molecular complexity index is 756. The summed E-state index contributed by atoms with van der Waals surface area (Å²) in [6, 6.07) is 19.0. The summed E-state index contributed by atoms with van der Waals surface area (Å²) < 4.78 is 16.4. The normalized spacial score (nSPS) is 12.1. The molecule has 2 aromatic carbocycles. The minimum atomic E-state index is -0.580. The van der Waals surface area contributed by atoms with Gasteiger partial charge in [-0.2, -0.15) is 0 Å². The molecule has 0 spiro atoms. The highest BCUT2D eigenvalue weighted by atomic mass is 16.6. The lowest BCUT2D eigenvalue weighted by Gasteiger charge is -2.23. The van der Waals surface area contributed by atoms with E-state index in [0.29, 0.717) is 6.61 Å². The fourth-order valence-corrected chi connectivity index (χ4v) is 2.52. The molecule has 1 N–H and O–H groups in total. The third-order valence-corrected chi connectivity index (χ3v) is 3.83. The summed E-state index contributed by atoms with van der Waals surface area (Å²) in [4.78, 5) is 24.2. The van der Waals surface area contributed by atoms with Gasteiger partial charge in [-0.1, -0.05) is 60.7 Å². The number of esters is 1. The Kier molecular flexibility index (Phi) is 8.68. The van der Waals surface area contributed by atoms with Gasteiger partial charge in [0.25, 0.3) is 0 Å². The van der Waals surface area contributed by atoms with Crippen molar-refractivity contribution >= 4 is 12.1 Å². The van der Waals surface area contributed by atoms with Crippen molar-refractivity contribution in [3.8, 4) is 0 Å². The summed E-state index contributed by atoms with van der Waals surface area (Å²) in [6.45, 7) is 6.07. The van der Waals surface area contributed by atoms with E-state index in [2.05, 4.69) is 5.32 Å². The first-order valence-corrected chi connectivity index (χ1v) is 9.64. The standard InChI is InChI=1S/C23H29NO5/c1-23(2,3)29-21(25)14-20(27-16-18-10-6-4-7-11-18)15-24-22(26)28-17-19-12-8-5-9-13-19/h4-13,20H,14-17H2,1-3H3,(H,24,26). The first-order valence-electron chi connectivity index (χ1n) is 9.64. The van der Waals surface area contributed by atoms with E-state index in [1.54, 1.807) is 0 Å². The number of ether oxygens (including phenoxy) is 3. The predicted octanol–water partition coefficient (Wildman–Crippen LogP) is 4.23. The average Bonchev–Trinajstić information content (AvgIpc) is 2.68. The molecule has 0 radical (unpaired) electrons. The number of nitrogens with one attached hydrogen (secondary N) is 1. The van der Waals surface area contributed by atoms with Gasteiger partial charge in [0, 0.05) is 6.54 Å². The maximum atomic E-state index is 12.2. The highest BCUT2D eigenvalue weighted by Crippen LogP contribution is 2.12. The van der Waals surface area contributed by atoms with Crippen LogP contribution < -0.4 is 5.32 Å². The van der Waals surface area contributed by atoms with Crippen molar-refractivity contribution < 1.29 is 23.8 Å². The fourth-order valence-electron chi connectivity index (χ4n) is 2.52. The SMILES string of the molecule is CC(C)(C)OC(=O)CC(CNC(=O)OCc1ccccc1)OCc1ccccc1. The Labute approximate surface area is 172 Å². The zero-order valence-corrected chi connectivity index (χ0v) is 17.2. The first kappa shape index (κ1) is 22.4. The van der Waals surface area contributed by atoms with E-state index < -0.39 is 17.8 Å². The van der Waals surface area contributed by atoms with Gasteiger partial charge in [-0.15, -0.1) is 0 Å². The Balaban J connectivity index is 1.85. The predicted molar refractivity (Wildman–Crippen MR) is 110 cm³/mol. The molecule has 29 heavy (non-hydrogen) atoms. The number of benzene rings is 2. The molecule has 0 heterocycles. The van der Waals surface area contributed by atoms with Gasteiger partial charge in [0.15, 0.2) is 0 Å². The molecular weight excluding hydrogens is 370 g/mol. The van der Waals surface area contributed by atoms with Crippen LogP contribution in [0.2, 0.25) is 0 Å². The molecule has 0 aromatic heterocycles. The lowest BCUT2D eigenvalue weighted by Crippen LogP contribution is -2.36. The van der Waals surface area contributed by atoms with Crippen LogP contribution in [0.5, 0.6) is 0 Å². The van der Waals surface area contributed by atoms with Crippen LogP contribution in [0.1, 0.15) is 38.3 Å². The minimum absolute atomic E-state index is 0.0308. The molecule has 6 nitrogen and oxygen atoms in total. The quantitative estimate of drug-likeness (QED) is 0.639. The van der Waals surface area contributed by atoms with Crippen molar-refractivity contribution in [3.05, 3.63) is 71.8 Å². The van der Waals surface area contributed by atoms with Gasteiger partial charge in [-0.3, -0.25) is 4.79 Å². The van der Waals surface area contributed by atoms with Crippen LogP contribution >= 0.6 is 0 Å². The van der Waals surface area contributed by atoms with Crippen LogP contribution in [-0.4, -0.2) is 30.3 Å². The van der Waals surface area contributed by atoms with E-state index in [9.17, 15) is 9.59 Å². The molecule has 0 saturated heterocycles. The second-order valence-electron chi connectivity index (χ2n) is 7.65. The van der Waals surface area contributed by atoms with Gasteiger partial charge < -0.3 is 19.5 Å².